The molecule has 0 saturated carbocycles. The molecule has 1 unspecified atom stereocenters. The van der Waals surface area contributed by atoms with E-state index in [4.69, 9.17) is 0 Å². The minimum absolute atomic E-state index is 0.213. The van der Waals surface area contributed by atoms with Crippen molar-refractivity contribution in [3.63, 3.8) is 0 Å². The van der Waals surface area contributed by atoms with Crippen LogP contribution in [0.25, 0.3) is 0 Å². The summed E-state index contributed by atoms with van der Waals surface area (Å²) in [7, 11) is 0. The Kier molecular flexibility index (Phi) is 7.42. The van der Waals surface area contributed by atoms with Crippen LogP contribution in [-0.4, -0.2) is 47.1 Å². The van der Waals surface area contributed by atoms with E-state index in [1.165, 1.54) is 5.56 Å². The first-order chi connectivity index (χ1) is 14.0. The van der Waals surface area contributed by atoms with Crippen molar-refractivity contribution in [2.45, 2.75) is 44.7 Å². The second-order valence-corrected chi connectivity index (χ2v) is 7.93. The SMILES string of the molecule is CC(C(=O)N[C@H](Cc1ccccc1)C(=O)O)N1CCC(Cc2ccccc2)CC1. The zero-order valence-electron chi connectivity index (χ0n) is 17.0. The van der Waals surface area contributed by atoms with Gasteiger partial charge in [0.15, 0.2) is 0 Å². The van der Waals surface area contributed by atoms with Gasteiger partial charge in [0.2, 0.25) is 5.91 Å². The van der Waals surface area contributed by atoms with Crippen molar-refractivity contribution in [3.8, 4) is 0 Å². The summed E-state index contributed by atoms with van der Waals surface area (Å²) >= 11 is 0. The molecular formula is C24H30N2O3. The van der Waals surface area contributed by atoms with Gasteiger partial charge in [-0.05, 0) is 56.3 Å². The molecule has 5 nitrogen and oxygen atoms in total. The largest absolute Gasteiger partial charge is 0.480 e. The average Bonchev–Trinajstić information content (AvgIpc) is 2.74. The number of carboxylic acids is 1. The van der Waals surface area contributed by atoms with Crippen LogP contribution >= 0.6 is 0 Å². The fourth-order valence-corrected chi connectivity index (χ4v) is 4.00. The average molecular weight is 395 g/mol. The highest BCUT2D eigenvalue weighted by molar-refractivity contribution is 5.86. The zero-order valence-corrected chi connectivity index (χ0v) is 17.0. The van der Waals surface area contributed by atoms with Crippen molar-refractivity contribution < 1.29 is 14.7 Å². The van der Waals surface area contributed by atoms with Crippen LogP contribution in [0.1, 0.15) is 30.9 Å². The van der Waals surface area contributed by atoms with E-state index in [1.54, 1.807) is 0 Å². The monoisotopic (exact) mass is 394 g/mol. The number of carboxylic acid groups (broad SMARTS) is 1. The molecule has 1 amide bonds. The molecule has 0 radical (unpaired) electrons. The predicted octanol–water partition coefficient (Wildman–Crippen LogP) is 3.14. The maximum Gasteiger partial charge on any atom is 0.326 e. The van der Waals surface area contributed by atoms with E-state index >= 15 is 0 Å². The molecule has 0 aromatic heterocycles. The maximum atomic E-state index is 12.7. The van der Waals surface area contributed by atoms with Gasteiger partial charge in [-0.2, -0.15) is 0 Å². The number of aliphatic carboxylic acids is 1. The third-order valence-electron chi connectivity index (χ3n) is 5.84. The normalized spacial score (nSPS) is 17.4. The molecule has 0 spiro atoms. The van der Waals surface area contributed by atoms with E-state index in [0.29, 0.717) is 5.92 Å². The van der Waals surface area contributed by atoms with Crippen LogP contribution < -0.4 is 5.32 Å². The molecule has 1 saturated heterocycles. The number of carbonyl (C=O) groups excluding carboxylic acids is 1. The lowest BCUT2D eigenvalue weighted by Gasteiger charge is -2.35. The zero-order chi connectivity index (χ0) is 20.6. The quantitative estimate of drug-likeness (QED) is 0.722. The first-order valence-corrected chi connectivity index (χ1v) is 10.4. The summed E-state index contributed by atoms with van der Waals surface area (Å²) in [4.78, 5) is 26.5. The Morgan fingerprint density at radius 1 is 1.00 bits per heavy atom. The van der Waals surface area contributed by atoms with Crippen LogP contribution in [0, 0.1) is 5.92 Å². The number of hydrogen-bond acceptors (Lipinski definition) is 3. The van der Waals surface area contributed by atoms with Gasteiger partial charge in [0.25, 0.3) is 0 Å². The first kappa shape index (κ1) is 21.1. The van der Waals surface area contributed by atoms with Gasteiger partial charge in [-0.3, -0.25) is 9.69 Å². The Labute approximate surface area is 172 Å². The Hall–Kier alpha value is -2.66. The number of hydrogen-bond donors (Lipinski definition) is 2. The number of amides is 1. The molecule has 2 aromatic rings. The Balaban J connectivity index is 1.49. The summed E-state index contributed by atoms with van der Waals surface area (Å²) in [6, 6.07) is 18.7. The number of piperidine rings is 1. The lowest BCUT2D eigenvalue weighted by molar-refractivity contribution is -0.142. The molecular weight excluding hydrogens is 364 g/mol. The van der Waals surface area contributed by atoms with Gasteiger partial charge in [0.1, 0.15) is 6.04 Å². The second kappa shape index (κ2) is 10.2. The number of benzene rings is 2. The van der Waals surface area contributed by atoms with Crippen molar-refractivity contribution in [2.75, 3.05) is 13.1 Å². The highest BCUT2D eigenvalue weighted by Gasteiger charge is 2.29. The molecule has 2 N–H and O–H groups in total. The van der Waals surface area contributed by atoms with E-state index in [9.17, 15) is 14.7 Å². The van der Waals surface area contributed by atoms with Gasteiger partial charge in [-0.15, -0.1) is 0 Å². The van der Waals surface area contributed by atoms with Crippen LogP contribution in [0.3, 0.4) is 0 Å². The molecule has 29 heavy (non-hydrogen) atoms. The molecule has 5 heteroatoms. The third kappa shape index (κ3) is 6.16. The summed E-state index contributed by atoms with van der Waals surface area (Å²) in [6.45, 7) is 3.60. The standard InChI is InChI=1S/C24H30N2O3/c1-18(23(27)25-22(24(28)29)17-20-10-6-3-7-11-20)26-14-12-21(13-15-26)16-19-8-4-2-5-9-19/h2-11,18,21-22H,12-17H2,1H3,(H,25,27)(H,28,29)/t18?,22-/m1/s1. The smallest absolute Gasteiger partial charge is 0.326 e. The minimum atomic E-state index is -1.00. The van der Waals surface area contributed by atoms with Crippen molar-refractivity contribution in [3.05, 3.63) is 71.8 Å². The topological polar surface area (TPSA) is 69.6 Å². The van der Waals surface area contributed by atoms with Gasteiger partial charge >= 0.3 is 5.97 Å². The van der Waals surface area contributed by atoms with E-state index < -0.39 is 12.0 Å². The molecule has 3 rings (SSSR count). The van der Waals surface area contributed by atoms with Crippen molar-refractivity contribution >= 4 is 11.9 Å². The van der Waals surface area contributed by atoms with Gasteiger partial charge in [0.05, 0.1) is 6.04 Å². The number of nitrogens with one attached hydrogen (secondary N) is 1. The summed E-state index contributed by atoms with van der Waals surface area (Å²) in [5.41, 5.74) is 2.26. The highest BCUT2D eigenvalue weighted by Crippen LogP contribution is 2.23. The fourth-order valence-electron chi connectivity index (χ4n) is 4.00. The molecule has 2 atom stereocenters. The molecule has 0 aliphatic carbocycles. The third-order valence-corrected chi connectivity index (χ3v) is 5.84. The van der Waals surface area contributed by atoms with Crippen LogP contribution in [0.2, 0.25) is 0 Å². The van der Waals surface area contributed by atoms with Crippen LogP contribution in [0.5, 0.6) is 0 Å². The summed E-state index contributed by atoms with van der Waals surface area (Å²) < 4.78 is 0. The highest BCUT2D eigenvalue weighted by atomic mass is 16.4. The van der Waals surface area contributed by atoms with Crippen molar-refractivity contribution in [1.29, 1.82) is 0 Å². The number of likely N-dealkylation sites (tertiary alicyclic amines) is 1. The van der Waals surface area contributed by atoms with E-state index in [1.807, 2.05) is 43.3 Å². The summed E-state index contributed by atoms with van der Waals surface area (Å²) in [6.07, 6.45) is 3.47. The molecule has 2 aromatic carbocycles. The van der Waals surface area contributed by atoms with Gasteiger partial charge in [0, 0.05) is 6.42 Å². The van der Waals surface area contributed by atoms with Gasteiger partial charge in [-0.25, -0.2) is 4.79 Å². The Morgan fingerprint density at radius 2 is 1.55 bits per heavy atom. The summed E-state index contributed by atoms with van der Waals surface area (Å²) in [5.74, 6) is -0.584. The van der Waals surface area contributed by atoms with E-state index in [0.717, 1.165) is 37.9 Å². The minimum Gasteiger partial charge on any atom is -0.480 e. The fraction of sp³-hybridized carbons (Fsp3) is 0.417. The number of rotatable bonds is 8. The summed E-state index contributed by atoms with van der Waals surface area (Å²) in [5, 5.41) is 12.3. The second-order valence-electron chi connectivity index (χ2n) is 7.93. The molecule has 0 bridgehead atoms. The molecule has 1 aliphatic rings. The number of carbonyl (C=O) groups is 2. The molecule has 1 heterocycles. The lowest BCUT2D eigenvalue weighted by Crippen LogP contribution is -2.52. The molecule has 1 aliphatic heterocycles. The van der Waals surface area contributed by atoms with E-state index in [2.05, 4.69) is 34.5 Å². The van der Waals surface area contributed by atoms with Gasteiger partial charge in [-0.1, -0.05) is 60.7 Å². The Morgan fingerprint density at radius 3 is 2.10 bits per heavy atom. The van der Waals surface area contributed by atoms with Crippen LogP contribution in [0.4, 0.5) is 0 Å². The Bertz CT molecular complexity index is 786. The van der Waals surface area contributed by atoms with E-state index in [-0.39, 0.29) is 18.4 Å². The van der Waals surface area contributed by atoms with Crippen molar-refractivity contribution in [1.82, 2.24) is 10.2 Å². The van der Waals surface area contributed by atoms with Crippen molar-refractivity contribution in [2.24, 2.45) is 5.92 Å². The predicted molar refractivity (Wildman–Crippen MR) is 114 cm³/mol. The van der Waals surface area contributed by atoms with Gasteiger partial charge < -0.3 is 10.4 Å². The van der Waals surface area contributed by atoms with Crippen LogP contribution in [0.15, 0.2) is 60.7 Å². The van der Waals surface area contributed by atoms with Crippen LogP contribution in [-0.2, 0) is 22.4 Å². The molecule has 154 valence electrons. The number of nitrogens with zero attached hydrogens (tertiary/aromatic N) is 1. The molecule has 1 fully saturated rings. The lowest BCUT2D eigenvalue weighted by atomic mass is 9.89. The maximum absolute atomic E-state index is 12.7. The first-order valence-electron chi connectivity index (χ1n) is 10.4.